The molecule has 0 saturated heterocycles. The summed E-state index contributed by atoms with van der Waals surface area (Å²) in [6, 6.07) is 8.24. The molecule has 0 spiro atoms. The summed E-state index contributed by atoms with van der Waals surface area (Å²) in [5.41, 5.74) is 1.31. The lowest BCUT2D eigenvalue weighted by molar-refractivity contribution is 0.151. The highest BCUT2D eigenvalue weighted by molar-refractivity contribution is 9.10. The Balaban J connectivity index is 2.46. The van der Waals surface area contributed by atoms with Gasteiger partial charge in [-0.25, -0.2) is 0 Å². The molecule has 12 heavy (non-hydrogen) atoms. The molecule has 0 radical (unpaired) electrons. The maximum Gasteiger partial charge on any atom is 0.0506 e. The van der Waals surface area contributed by atoms with E-state index in [1.807, 2.05) is 19.1 Å². The molecule has 2 heteroatoms. The van der Waals surface area contributed by atoms with Crippen molar-refractivity contribution < 1.29 is 4.74 Å². The molecule has 0 bridgehead atoms. The van der Waals surface area contributed by atoms with Crippen LogP contribution in [0.25, 0.3) is 0 Å². The Labute approximate surface area is 81.9 Å². The minimum atomic E-state index is 0.796. The Morgan fingerprint density at radius 2 is 2.08 bits per heavy atom. The van der Waals surface area contributed by atoms with E-state index in [4.69, 9.17) is 4.74 Å². The van der Waals surface area contributed by atoms with Gasteiger partial charge in [0.1, 0.15) is 0 Å². The van der Waals surface area contributed by atoms with Gasteiger partial charge in [-0.15, -0.1) is 0 Å². The molecule has 1 aromatic carbocycles. The van der Waals surface area contributed by atoms with Gasteiger partial charge in [0.2, 0.25) is 0 Å². The quantitative estimate of drug-likeness (QED) is 0.721. The first kappa shape index (κ1) is 9.75. The summed E-state index contributed by atoms with van der Waals surface area (Å²) in [4.78, 5) is 0. The topological polar surface area (TPSA) is 9.23 Å². The fourth-order valence-corrected chi connectivity index (χ4v) is 1.51. The van der Waals surface area contributed by atoms with Crippen LogP contribution < -0.4 is 0 Å². The van der Waals surface area contributed by atoms with Crippen LogP contribution in [-0.4, -0.2) is 13.2 Å². The van der Waals surface area contributed by atoms with Crippen molar-refractivity contribution in [2.75, 3.05) is 13.2 Å². The Morgan fingerprint density at radius 1 is 1.33 bits per heavy atom. The van der Waals surface area contributed by atoms with E-state index in [-0.39, 0.29) is 0 Å². The van der Waals surface area contributed by atoms with Gasteiger partial charge in [0, 0.05) is 11.1 Å². The number of hydrogen-bond acceptors (Lipinski definition) is 1. The molecular formula is C10H13BrO. The first-order valence-electron chi connectivity index (χ1n) is 4.15. The number of halogens is 1. The normalized spacial score (nSPS) is 10.2. The van der Waals surface area contributed by atoms with Crippen LogP contribution in [0.3, 0.4) is 0 Å². The zero-order chi connectivity index (χ0) is 8.81. The van der Waals surface area contributed by atoms with Crippen LogP contribution >= 0.6 is 15.9 Å². The van der Waals surface area contributed by atoms with Gasteiger partial charge in [-0.2, -0.15) is 0 Å². The second-order valence-electron chi connectivity index (χ2n) is 2.54. The second-order valence-corrected chi connectivity index (χ2v) is 3.39. The predicted octanol–water partition coefficient (Wildman–Crippen LogP) is 3.03. The molecular weight excluding hydrogens is 216 g/mol. The van der Waals surface area contributed by atoms with Gasteiger partial charge in [0.05, 0.1) is 6.61 Å². The van der Waals surface area contributed by atoms with E-state index in [2.05, 4.69) is 28.1 Å². The highest BCUT2D eigenvalue weighted by Gasteiger charge is 1.96. The number of rotatable bonds is 4. The lowest BCUT2D eigenvalue weighted by Crippen LogP contribution is -1.98. The first-order chi connectivity index (χ1) is 5.84. The number of ether oxygens (including phenoxy) is 1. The Kier molecular flexibility index (Phi) is 4.33. The molecule has 0 fully saturated rings. The number of benzene rings is 1. The van der Waals surface area contributed by atoms with Crippen LogP contribution in [0, 0.1) is 0 Å². The fourth-order valence-electron chi connectivity index (χ4n) is 1.03. The summed E-state index contributed by atoms with van der Waals surface area (Å²) in [5, 5.41) is 0. The van der Waals surface area contributed by atoms with E-state index in [0.29, 0.717) is 0 Å². The van der Waals surface area contributed by atoms with Crippen molar-refractivity contribution >= 4 is 15.9 Å². The smallest absolute Gasteiger partial charge is 0.0506 e. The summed E-state index contributed by atoms with van der Waals surface area (Å²) >= 11 is 3.49. The maximum absolute atomic E-state index is 5.27. The molecule has 0 N–H and O–H groups in total. The summed E-state index contributed by atoms with van der Waals surface area (Å²) < 4.78 is 6.44. The van der Waals surface area contributed by atoms with E-state index in [9.17, 15) is 0 Å². The van der Waals surface area contributed by atoms with Crippen LogP contribution in [0.15, 0.2) is 28.7 Å². The van der Waals surface area contributed by atoms with Crippen LogP contribution in [-0.2, 0) is 11.2 Å². The molecule has 0 aliphatic carbocycles. The average Bonchev–Trinajstić information content (AvgIpc) is 2.09. The second kappa shape index (κ2) is 5.33. The van der Waals surface area contributed by atoms with Crippen LogP contribution in [0.5, 0.6) is 0 Å². The van der Waals surface area contributed by atoms with Gasteiger partial charge in [-0.1, -0.05) is 34.1 Å². The molecule has 1 rings (SSSR count). The van der Waals surface area contributed by atoms with Gasteiger partial charge in [-0.05, 0) is 25.0 Å². The molecule has 1 nitrogen and oxygen atoms in total. The van der Waals surface area contributed by atoms with E-state index in [1.54, 1.807) is 0 Å². The largest absolute Gasteiger partial charge is 0.381 e. The van der Waals surface area contributed by atoms with Gasteiger partial charge in [0.15, 0.2) is 0 Å². The highest BCUT2D eigenvalue weighted by atomic mass is 79.9. The van der Waals surface area contributed by atoms with E-state index < -0.39 is 0 Å². The summed E-state index contributed by atoms with van der Waals surface area (Å²) in [6.07, 6.45) is 0.981. The molecule has 1 aromatic rings. The van der Waals surface area contributed by atoms with Crippen LogP contribution in [0.2, 0.25) is 0 Å². The average molecular weight is 229 g/mol. The van der Waals surface area contributed by atoms with E-state index in [1.165, 1.54) is 10.0 Å². The monoisotopic (exact) mass is 228 g/mol. The zero-order valence-electron chi connectivity index (χ0n) is 7.22. The van der Waals surface area contributed by atoms with Crippen molar-refractivity contribution in [3.8, 4) is 0 Å². The van der Waals surface area contributed by atoms with E-state index >= 15 is 0 Å². The minimum absolute atomic E-state index is 0.796. The molecule has 66 valence electrons. The third kappa shape index (κ3) is 2.95. The molecule has 0 unspecified atom stereocenters. The summed E-state index contributed by atoms with van der Waals surface area (Å²) in [6.45, 7) is 3.61. The molecule has 0 heterocycles. The van der Waals surface area contributed by atoms with E-state index in [0.717, 1.165) is 19.6 Å². The molecule has 0 atom stereocenters. The number of hydrogen-bond donors (Lipinski definition) is 0. The van der Waals surface area contributed by atoms with Crippen molar-refractivity contribution in [1.29, 1.82) is 0 Å². The van der Waals surface area contributed by atoms with Gasteiger partial charge < -0.3 is 4.74 Å². The van der Waals surface area contributed by atoms with Crippen molar-refractivity contribution in [3.05, 3.63) is 34.3 Å². The van der Waals surface area contributed by atoms with Crippen LogP contribution in [0.1, 0.15) is 12.5 Å². The van der Waals surface area contributed by atoms with Gasteiger partial charge in [-0.3, -0.25) is 0 Å². The lowest BCUT2D eigenvalue weighted by Gasteiger charge is -2.03. The molecule has 0 aromatic heterocycles. The third-order valence-electron chi connectivity index (χ3n) is 1.68. The van der Waals surface area contributed by atoms with Crippen molar-refractivity contribution in [2.45, 2.75) is 13.3 Å². The third-order valence-corrected chi connectivity index (χ3v) is 2.45. The molecule has 0 aliphatic heterocycles. The molecule has 0 saturated carbocycles. The zero-order valence-corrected chi connectivity index (χ0v) is 8.80. The maximum atomic E-state index is 5.27. The SMILES string of the molecule is CCOCCc1ccccc1Br. The van der Waals surface area contributed by atoms with Crippen LogP contribution in [0.4, 0.5) is 0 Å². The molecule has 0 amide bonds. The first-order valence-corrected chi connectivity index (χ1v) is 4.95. The Morgan fingerprint density at radius 3 is 2.75 bits per heavy atom. The Hall–Kier alpha value is -0.340. The summed E-state index contributed by atoms with van der Waals surface area (Å²) in [5.74, 6) is 0. The summed E-state index contributed by atoms with van der Waals surface area (Å²) in [7, 11) is 0. The van der Waals surface area contributed by atoms with Gasteiger partial charge in [0.25, 0.3) is 0 Å². The fraction of sp³-hybridized carbons (Fsp3) is 0.400. The van der Waals surface area contributed by atoms with Crippen molar-refractivity contribution in [2.24, 2.45) is 0 Å². The van der Waals surface area contributed by atoms with Gasteiger partial charge >= 0.3 is 0 Å². The van der Waals surface area contributed by atoms with Crippen molar-refractivity contribution in [1.82, 2.24) is 0 Å². The lowest BCUT2D eigenvalue weighted by atomic mass is 10.2. The minimum Gasteiger partial charge on any atom is -0.381 e. The standard InChI is InChI=1S/C10H13BrO/c1-2-12-8-7-9-5-3-4-6-10(9)11/h3-6H,2,7-8H2,1H3. The predicted molar refractivity (Wildman–Crippen MR) is 54.3 cm³/mol. The van der Waals surface area contributed by atoms with Crippen molar-refractivity contribution in [3.63, 3.8) is 0 Å². The molecule has 0 aliphatic rings. The highest BCUT2D eigenvalue weighted by Crippen LogP contribution is 2.15. The Bertz CT molecular complexity index is 235.